The predicted molar refractivity (Wildman–Crippen MR) is 71.0 cm³/mol. The van der Waals surface area contributed by atoms with E-state index in [0.29, 0.717) is 5.41 Å². The van der Waals surface area contributed by atoms with Gasteiger partial charge in [-0.1, -0.05) is 29.8 Å². The van der Waals surface area contributed by atoms with Crippen molar-refractivity contribution < 1.29 is 0 Å². The number of rotatable bonds is 2. The van der Waals surface area contributed by atoms with Crippen LogP contribution < -0.4 is 5.32 Å². The van der Waals surface area contributed by atoms with Gasteiger partial charge >= 0.3 is 0 Å². The summed E-state index contributed by atoms with van der Waals surface area (Å²) < 4.78 is 0. The Bertz CT molecular complexity index is 394. The van der Waals surface area contributed by atoms with Crippen molar-refractivity contribution in [3.05, 3.63) is 35.4 Å². The monoisotopic (exact) mass is 230 g/mol. The first-order chi connectivity index (χ1) is 8.26. The van der Waals surface area contributed by atoms with Gasteiger partial charge in [0.25, 0.3) is 0 Å². The highest BCUT2D eigenvalue weighted by Gasteiger charge is 2.39. The third-order valence-corrected chi connectivity index (χ3v) is 4.34. The third kappa shape index (κ3) is 2.38. The van der Waals surface area contributed by atoms with E-state index in [1.807, 2.05) is 0 Å². The van der Waals surface area contributed by atoms with Crippen LogP contribution in [0.4, 0.5) is 0 Å². The Labute approximate surface area is 104 Å². The van der Waals surface area contributed by atoms with Gasteiger partial charge in [0.15, 0.2) is 0 Å². The molecule has 2 fully saturated rings. The normalized spacial score (nSPS) is 29.2. The average Bonchev–Trinajstić information content (AvgIpc) is 2.90. The van der Waals surface area contributed by atoms with Gasteiger partial charge in [-0.05, 0) is 43.8 Å². The van der Waals surface area contributed by atoms with Gasteiger partial charge in [-0.2, -0.15) is 0 Å². The van der Waals surface area contributed by atoms with E-state index in [0.717, 1.165) is 6.54 Å². The van der Waals surface area contributed by atoms with Crippen molar-refractivity contribution in [2.45, 2.75) is 26.3 Å². The lowest BCUT2D eigenvalue weighted by atomic mass is 9.86. The van der Waals surface area contributed by atoms with Gasteiger partial charge in [0.2, 0.25) is 0 Å². The number of likely N-dealkylation sites (tertiary alicyclic amines) is 1. The molecule has 1 spiro atoms. The summed E-state index contributed by atoms with van der Waals surface area (Å²) in [4.78, 5) is 2.63. The largest absolute Gasteiger partial charge is 0.316 e. The summed E-state index contributed by atoms with van der Waals surface area (Å²) in [6, 6.07) is 8.92. The van der Waals surface area contributed by atoms with E-state index in [1.54, 1.807) is 0 Å². The molecule has 2 saturated heterocycles. The van der Waals surface area contributed by atoms with Crippen molar-refractivity contribution in [3.8, 4) is 0 Å². The van der Waals surface area contributed by atoms with Crippen LogP contribution in [-0.4, -0.2) is 31.1 Å². The molecule has 2 heteroatoms. The van der Waals surface area contributed by atoms with Crippen molar-refractivity contribution in [2.75, 3.05) is 26.2 Å². The molecule has 1 aromatic rings. The van der Waals surface area contributed by atoms with Crippen molar-refractivity contribution in [1.29, 1.82) is 0 Å². The van der Waals surface area contributed by atoms with Gasteiger partial charge < -0.3 is 5.32 Å². The summed E-state index contributed by atoms with van der Waals surface area (Å²) in [5, 5.41) is 3.52. The van der Waals surface area contributed by atoms with Crippen molar-refractivity contribution in [3.63, 3.8) is 0 Å². The molecule has 0 saturated carbocycles. The number of nitrogens with zero attached hydrogens (tertiary/aromatic N) is 1. The topological polar surface area (TPSA) is 15.3 Å². The van der Waals surface area contributed by atoms with E-state index in [9.17, 15) is 0 Å². The fourth-order valence-electron chi connectivity index (χ4n) is 3.38. The minimum atomic E-state index is 0.601. The quantitative estimate of drug-likeness (QED) is 0.838. The first-order valence-electron chi connectivity index (χ1n) is 6.74. The lowest BCUT2D eigenvalue weighted by Gasteiger charge is -2.22. The third-order valence-electron chi connectivity index (χ3n) is 4.34. The maximum absolute atomic E-state index is 3.52. The highest BCUT2D eigenvalue weighted by Crippen LogP contribution is 2.36. The first kappa shape index (κ1) is 11.2. The molecular formula is C15H22N2. The van der Waals surface area contributed by atoms with E-state index in [1.165, 1.54) is 50.1 Å². The number of nitrogens with one attached hydrogen (secondary N) is 1. The fourth-order valence-corrected chi connectivity index (χ4v) is 3.38. The molecule has 0 bridgehead atoms. The zero-order valence-electron chi connectivity index (χ0n) is 10.7. The second-order valence-corrected chi connectivity index (χ2v) is 5.88. The number of aryl methyl sites for hydroxylation is 1. The molecule has 0 amide bonds. The Balaban J connectivity index is 1.64. The van der Waals surface area contributed by atoms with E-state index in [-0.39, 0.29) is 0 Å². The van der Waals surface area contributed by atoms with Crippen LogP contribution in [0.3, 0.4) is 0 Å². The average molecular weight is 230 g/mol. The van der Waals surface area contributed by atoms with Gasteiger partial charge in [-0.3, -0.25) is 4.90 Å². The summed E-state index contributed by atoms with van der Waals surface area (Å²) in [7, 11) is 0. The summed E-state index contributed by atoms with van der Waals surface area (Å²) >= 11 is 0. The molecule has 1 N–H and O–H groups in total. The Morgan fingerprint density at radius 3 is 3.06 bits per heavy atom. The minimum Gasteiger partial charge on any atom is -0.316 e. The summed E-state index contributed by atoms with van der Waals surface area (Å²) in [6.07, 6.45) is 2.75. The van der Waals surface area contributed by atoms with Gasteiger partial charge in [-0.25, -0.2) is 0 Å². The molecule has 92 valence electrons. The van der Waals surface area contributed by atoms with Crippen LogP contribution in [0.1, 0.15) is 24.0 Å². The van der Waals surface area contributed by atoms with Crippen LogP contribution >= 0.6 is 0 Å². The molecule has 1 atom stereocenters. The number of hydrogen-bond acceptors (Lipinski definition) is 2. The van der Waals surface area contributed by atoms with Crippen molar-refractivity contribution in [1.82, 2.24) is 10.2 Å². The summed E-state index contributed by atoms with van der Waals surface area (Å²) in [5.74, 6) is 0. The molecule has 0 radical (unpaired) electrons. The van der Waals surface area contributed by atoms with Crippen LogP contribution in [0.15, 0.2) is 24.3 Å². The SMILES string of the molecule is Cc1cccc(CN2CCC3(CCNC3)C2)c1. The van der Waals surface area contributed by atoms with Crippen molar-refractivity contribution >= 4 is 0 Å². The van der Waals surface area contributed by atoms with E-state index in [4.69, 9.17) is 0 Å². The molecule has 1 aromatic carbocycles. The second kappa shape index (κ2) is 4.43. The maximum Gasteiger partial charge on any atom is 0.0234 e. The van der Waals surface area contributed by atoms with Crippen LogP contribution in [0.5, 0.6) is 0 Å². The molecule has 0 aliphatic carbocycles. The first-order valence-corrected chi connectivity index (χ1v) is 6.74. The van der Waals surface area contributed by atoms with Gasteiger partial charge in [0.1, 0.15) is 0 Å². The Morgan fingerprint density at radius 1 is 1.35 bits per heavy atom. The Kier molecular flexibility index (Phi) is 2.93. The molecule has 3 rings (SSSR count). The summed E-state index contributed by atoms with van der Waals surface area (Å²) in [6.45, 7) is 8.32. The zero-order valence-corrected chi connectivity index (χ0v) is 10.7. The van der Waals surface area contributed by atoms with Gasteiger partial charge in [0, 0.05) is 19.6 Å². The molecule has 0 aromatic heterocycles. The maximum atomic E-state index is 3.52. The molecular weight excluding hydrogens is 208 g/mol. The number of benzene rings is 1. The molecule has 2 heterocycles. The van der Waals surface area contributed by atoms with Crippen LogP contribution in [0.2, 0.25) is 0 Å². The van der Waals surface area contributed by atoms with Crippen LogP contribution in [-0.2, 0) is 6.54 Å². The molecule has 17 heavy (non-hydrogen) atoms. The highest BCUT2D eigenvalue weighted by atomic mass is 15.2. The Morgan fingerprint density at radius 2 is 2.29 bits per heavy atom. The van der Waals surface area contributed by atoms with E-state index in [2.05, 4.69) is 41.4 Å². The lowest BCUT2D eigenvalue weighted by molar-refractivity contribution is 0.268. The molecule has 2 aliphatic rings. The zero-order chi connectivity index (χ0) is 11.7. The van der Waals surface area contributed by atoms with Gasteiger partial charge in [-0.15, -0.1) is 0 Å². The molecule has 1 unspecified atom stereocenters. The smallest absolute Gasteiger partial charge is 0.0234 e. The standard InChI is InChI=1S/C15H22N2/c1-13-3-2-4-14(9-13)10-17-8-6-15(12-17)5-7-16-11-15/h2-4,9,16H,5-8,10-12H2,1H3. The van der Waals surface area contributed by atoms with Crippen LogP contribution in [0.25, 0.3) is 0 Å². The minimum absolute atomic E-state index is 0.601. The van der Waals surface area contributed by atoms with Gasteiger partial charge in [0.05, 0.1) is 0 Å². The predicted octanol–water partition coefficient (Wildman–Crippen LogP) is 2.18. The summed E-state index contributed by atoms with van der Waals surface area (Å²) in [5.41, 5.74) is 3.44. The molecule has 2 aliphatic heterocycles. The van der Waals surface area contributed by atoms with Crippen molar-refractivity contribution in [2.24, 2.45) is 5.41 Å². The second-order valence-electron chi connectivity index (χ2n) is 5.88. The van der Waals surface area contributed by atoms with E-state index < -0.39 is 0 Å². The molecule has 2 nitrogen and oxygen atoms in total. The Hall–Kier alpha value is -0.860. The highest BCUT2D eigenvalue weighted by molar-refractivity contribution is 5.22. The fraction of sp³-hybridized carbons (Fsp3) is 0.600. The lowest BCUT2D eigenvalue weighted by Crippen LogP contribution is -2.28. The van der Waals surface area contributed by atoms with E-state index >= 15 is 0 Å². The number of hydrogen-bond donors (Lipinski definition) is 1. The van der Waals surface area contributed by atoms with Crippen LogP contribution in [0, 0.1) is 12.3 Å².